The number of ketones is 1. The molecule has 2 aliphatic rings. The first kappa shape index (κ1) is 20.9. The number of amides is 1. The van der Waals surface area contributed by atoms with E-state index >= 15 is 0 Å². The number of halogens is 1. The quantitative estimate of drug-likeness (QED) is 0.601. The highest BCUT2D eigenvalue weighted by molar-refractivity contribution is 5.97. The molecule has 8 nitrogen and oxygen atoms in total. The second-order valence-corrected chi connectivity index (χ2v) is 7.79. The smallest absolute Gasteiger partial charge is 0.256 e. The molecule has 1 fully saturated rings. The summed E-state index contributed by atoms with van der Waals surface area (Å²) in [5.74, 6) is -0.140. The van der Waals surface area contributed by atoms with Gasteiger partial charge in [-0.25, -0.2) is 4.39 Å². The number of nitrogen functional groups attached to an aromatic ring is 1. The zero-order valence-corrected chi connectivity index (χ0v) is 17.2. The van der Waals surface area contributed by atoms with Crippen molar-refractivity contribution in [1.82, 2.24) is 10.2 Å². The molecule has 164 valence electrons. The summed E-state index contributed by atoms with van der Waals surface area (Å²) < 4.78 is 25.6. The lowest BCUT2D eigenvalue weighted by atomic mass is 9.99. The maximum absolute atomic E-state index is 14.5. The number of hydrogen-bond acceptors (Lipinski definition) is 7. The van der Waals surface area contributed by atoms with Crippen LogP contribution in [-0.2, 0) is 11.3 Å². The Hall–Kier alpha value is -3.33. The number of nitrogens with zero attached hydrogens (tertiary/aromatic N) is 1. The monoisotopic (exact) mass is 428 g/mol. The molecule has 2 aromatic carbocycles. The topological polar surface area (TPSA) is 106 Å². The zero-order chi connectivity index (χ0) is 22.0. The maximum atomic E-state index is 14.5. The molecule has 4 N–H and O–H groups in total. The Kier molecular flexibility index (Phi) is 5.94. The molecule has 0 atom stereocenters. The van der Waals surface area contributed by atoms with Crippen LogP contribution in [0, 0.1) is 11.7 Å². The highest BCUT2D eigenvalue weighted by Gasteiger charge is 2.33. The van der Waals surface area contributed by atoms with Gasteiger partial charge in [0.15, 0.2) is 5.78 Å². The van der Waals surface area contributed by atoms with E-state index in [-0.39, 0.29) is 36.2 Å². The fourth-order valence-corrected chi connectivity index (χ4v) is 3.62. The van der Waals surface area contributed by atoms with Gasteiger partial charge in [0.25, 0.3) is 5.91 Å². The number of ether oxygens (including phenoxy) is 2. The second-order valence-electron chi connectivity index (χ2n) is 7.79. The number of Topliss-reactive ketones (excluding diaryl/α,β-unsaturated/α-hetero) is 1. The molecule has 0 aliphatic carbocycles. The van der Waals surface area contributed by atoms with E-state index in [1.165, 1.54) is 6.07 Å². The van der Waals surface area contributed by atoms with Crippen LogP contribution in [0.2, 0.25) is 0 Å². The van der Waals surface area contributed by atoms with Crippen molar-refractivity contribution < 1.29 is 23.5 Å². The van der Waals surface area contributed by atoms with Gasteiger partial charge in [0.1, 0.15) is 23.9 Å². The lowest BCUT2D eigenvalue weighted by molar-refractivity contribution is -0.119. The molecule has 0 spiro atoms. The van der Waals surface area contributed by atoms with Gasteiger partial charge in [0.2, 0.25) is 0 Å². The summed E-state index contributed by atoms with van der Waals surface area (Å²) in [4.78, 5) is 25.8. The van der Waals surface area contributed by atoms with Gasteiger partial charge in [0, 0.05) is 43.4 Å². The first-order chi connectivity index (χ1) is 14.9. The average molecular weight is 428 g/mol. The third-order valence-corrected chi connectivity index (χ3v) is 5.38. The van der Waals surface area contributed by atoms with Gasteiger partial charge in [0.05, 0.1) is 24.4 Å². The lowest BCUT2D eigenvalue weighted by Gasteiger charge is -2.39. The van der Waals surface area contributed by atoms with Crippen molar-refractivity contribution in [3.8, 4) is 11.5 Å². The third kappa shape index (κ3) is 4.56. The van der Waals surface area contributed by atoms with Crippen LogP contribution in [0.1, 0.15) is 15.9 Å². The normalized spacial score (nSPS) is 15.9. The van der Waals surface area contributed by atoms with Gasteiger partial charge in [-0.2, -0.15) is 0 Å². The Morgan fingerprint density at radius 2 is 2.16 bits per heavy atom. The third-order valence-electron chi connectivity index (χ3n) is 5.38. The van der Waals surface area contributed by atoms with Crippen LogP contribution in [0.3, 0.4) is 0 Å². The van der Waals surface area contributed by atoms with Crippen LogP contribution in [0.4, 0.5) is 15.8 Å². The molecule has 0 saturated carbocycles. The SMILES string of the molecule is CNCc1ccc(OCC2CN(C(=O)c3cc4c(cc3F)OCC(=O)CN4)C2)cc1N. The molecule has 4 rings (SSSR count). The molecule has 9 heteroatoms. The minimum atomic E-state index is -0.670. The van der Waals surface area contributed by atoms with Crippen molar-refractivity contribution in [1.29, 1.82) is 0 Å². The molecule has 31 heavy (non-hydrogen) atoms. The molecule has 2 aromatic rings. The van der Waals surface area contributed by atoms with Gasteiger partial charge in [-0.15, -0.1) is 0 Å². The van der Waals surface area contributed by atoms with E-state index < -0.39 is 11.7 Å². The van der Waals surface area contributed by atoms with Crippen LogP contribution in [-0.4, -0.2) is 56.5 Å². The molecular weight excluding hydrogens is 403 g/mol. The molecule has 0 unspecified atom stereocenters. The maximum Gasteiger partial charge on any atom is 0.256 e. The lowest BCUT2D eigenvalue weighted by Crippen LogP contribution is -2.52. The van der Waals surface area contributed by atoms with Gasteiger partial charge < -0.3 is 30.7 Å². The Balaban J connectivity index is 1.33. The average Bonchev–Trinajstić information content (AvgIpc) is 2.89. The molecule has 1 saturated heterocycles. The molecule has 2 aliphatic heterocycles. The number of hydrogen-bond donors (Lipinski definition) is 3. The van der Waals surface area contributed by atoms with E-state index in [9.17, 15) is 14.0 Å². The van der Waals surface area contributed by atoms with Gasteiger partial charge in [-0.05, 0) is 24.7 Å². The highest BCUT2D eigenvalue weighted by Crippen LogP contribution is 2.31. The van der Waals surface area contributed by atoms with Gasteiger partial charge in [-0.3, -0.25) is 9.59 Å². The summed E-state index contributed by atoms with van der Waals surface area (Å²) in [6, 6.07) is 8.14. The molecule has 1 amide bonds. The van der Waals surface area contributed by atoms with Crippen LogP contribution in [0.15, 0.2) is 30.3 Å². The summed E-state index contributed by atoms with van der Waals surface area (Å²) in [6.07, 6.45) is 0. The zero-order valence-electron chi connectivity index (χ0n) is 17.2. The first-order valence-corrected chi connectivity index (χ1v) is 10.1. The predicted octanol–water partition coefficient (Wildman–Crippen LogP) is 1.65. The van der Waals surface area contributed by atoms with Crippen molar-refractivity contribution in [2.75, 3.05) is 50.9 Å². The molecule has 0 aromatic heterocycles. The molecule has 0 radical (unpaired) electrons. The summed E-state index contributed by atoms with van der Waals surface area (Å²) in [5.41, 5.74) is 8.08. The number of benzene rings is 2. The van der Waals surface area contributed by atoms with E-state index in [1.54, 1.807) is 11.0 Å². The van der Waals surface area contributed by atoms with Gasteiger partial charge in [-0.1, -0.05) is 6.07 Å². The van der Waals surface area contributed by atoms with E-state index in [1.807, 2.05) is 19.2 Å². The van der Waals surface area contributed by atoms with Crippen molar-refractivity contribution in [3.63, 3.8) is 0 Å². The number of carbonyl (C=O) groups excluding carboxylic acids is 2. The summed E-state index contributed by atoms with van der Waals surface area (Å²) in [6.45, 7) is 2.04. The fraction of sp³-hybridized carbons (Fsp3) is 0.364. The number of rotatable bonds is 6. The van der Waals surface area contributed by atoms with E-state index in [0.717, 1.165) is 11.6 Å². The minimum absolute atomic E-state index is 0.0449. The van der Waals surface area contributed by atoms with Crippen LogP contribution in [0.25, 0.3) is 0 Å². The Labute approximate surface area is 179 Å². The van der Waals surface area contributed by atoms with Crippen molar-refractivity contribution in [2.45, 2.75) is 6.54 Å². The van der Waals surface area contributed by atoms with Crippen molar-refractivity contribution in [2.24, 2.45) is 5.92 Å². The highest BCUT2D eigenvalue weighted by atomic mass is 19.1. The van der Waals surface area contributed by atoms with Crippen LogP contribution >= 0.6 is 0 Å². The number of nitrogens with one attached hydrogen (secondary N) is 2. The Morgan fingerprint density at radius 3 is 2.90 bits per heavy atom. The van der Waals surface area contributed by atoms with Crippen molar-refractivity contribution >= 4 is 23.1 Å². The molecule has 2 heterocycles. The number of nitrogens with two attached hydrogens (primary N) is 1. The van der Waals surface area contributed by atoms with E-state index in [0.29, 0.717) is 43.4 Å². The summed E-state index contributed by atoms with van der Waals surface area (Å²) in [7, 11) is 1.86. The number of anilines is 2. The second kappa shape index (κ2) is 8.81. The Morgan fingerprint density at radius 1 is 1.35 bits per heavy atom. The number of likely N-dealkylation sites (tertiary alicyclic amines) is 1. The predicted molar refractivity (Wildman–Crippen MR) is 114 cm³/mol. The van der Waals surface area contributed by atoms with Crippen LogP contribution in [0.5, 0.6) is 11.5 Å². The first-order valence-electron chi connectivity index (χ1n) is 10.1. The Bertz CT molecular complexity index is 1010. The summed E-state index contributed by atoms with van der Waals surface area (Å²) >= 11 is 0. The number of fused-ring (bicyclic) bond motifs is 1. The minimum Gasteiger partial charge on any atom is -0.493 e. The van der Waals surface area contributed by atoms with E-state index in [2.05, 4.69) is 10.6 Å². The summed E-state index contributed by atoms with van der Waals surface area (Å²) in [5, 5.41) is 5.95. The van der Waals surface area contributed by atoms with E-state index in [4.69, 9.17) is 15.2 Å². The molecular formula is C22H25FN4O4. The fourth-order valence-electron chi connectivity index (χ4n) is 3.62. The van der Waals surface area contributed by atoms with Crippen molar-refractivity contribution in [3.05, 3.63) is 47.3 Å². The number of carbonyl (C=O) groups is 2. The largest absolute Gasteiger partial charge is 0.493 e. The van der Waals surface area contributed by atoms with Crippen LogP contribution < -0.4 is 25.8 Å². The van der Waals surface area contributed by atoms with Gasteiger partial charge >= 0.3 is 0 Å². The molecule has 0 bridgehead atoms. The standard InChI is InChI=1S/C22H25FN4O4/c1-25-7-14-2-3-16(4-19(14)24)30-11-13-9-27(10-13)22(29)17-5-20-21(6-18(17)23)31-12-15(28)8-26-20/h2-6,13,25-26H,7-12,24H2,1H3.